The summed E-state index contributed by atoms with van der Waals surface area (Å²) in [7, 11) is 2.97. The Labute approximate surface area is 328 Å². The van der Waals surface area contributed by atoms with Crippen molar-refractivity contribution in [3.05, 3.63) is 87.6 Å². The number of ether oxygens (including phenoxy) is 3. The van der Waals surface area contributed by atoms with Crippen LogP contribution in [0.3, 0.4) is 0 Å². The van der Waals surface area contributed by atoms with Crippen LogP contribution in [0.2, 0.25) is 5.02 Å². The highest BCUT2D eigenvalue weighted by Crippen LogP contribution is 2.45. The highest BCUT2D eigenvalue weighted by Gasteiger charge is 2.38. The predicted octanol–water partition coefficient (Wildman–Crippen LogP) is 6.69. The molecule has 4 aromatic rings. The van der Waals surface area contributed by atoms with Crippen LogP contribution >= 0.6 is 11.6 Å². The van der Waals surface area contributed by atoms with Crippen LogP contribution in [0, 0.1) is 0 Å². The molecule has 11 nitrogen and oxygen atoms in total. The zero-order valence-electron chi connectivity index (χ0n) is 31.2. The van der Waals surface area contributed by atoms with Crippen LogP contribution in [0.15, 0.2) is 54.7 Å². The second kappa shape index (κ2) is 17.1. The number of rotatable bonds is 14. The van der Waals surface area contributed by atoms with Crippen molar-refractivity contribution in [1.82, 2.24) is 31.2 Å². The van der Waals surface area contributed by atoms with E-state index in [4.69, 9.17) is 25.8 Å². The number of nitrogens with zero attached hydrogens (tertiary/aromatic N) is 2. The summed E-state index contributed by atoms with van der Waals surface area (Å²) >= 11 is 7.13. The Morgan fingerprint density at radius 2 is 1.55 bits per heavy atom. The lowest BCUT2D eigenvalue weighted by molar-refractivity contribution is -0.140. The average molecular weight is 793 g/mol. The van der Waals surface area contributed by atoms with E-state index in [2.05, 4.69) is 31.2 Å². The van der Waals surface area contributed by atoms with Gasteiger partial charge in [0.2, 0.25) is 23.6 Å². The normalized spacial score (nSPS) is 19.4. The van der Waals surface area contributed by atoms with E-state index < -0.39 is 23.7 Å². The molecule has 0 bridgehead atoms. The molecule has 2 fully saturated rings. The Balaban J connectivity index is 1.12. The molecule has 3 aliphatic rings. The molecule has 7 rings (SSSR count). The molecule has 0 unspecified atom stereocenters. The van der Waals surface area contributed by atoms with Crippen molar-refractivity contribution in [2.75, 3.05) is 27.3 Å². The van der Waals surface area contributed by atoms with Crippen LogP contribution < -0.4 is 35.5 Å². The fourth-order valence-corrected chi connectivity index (χ4v) is 8.07. The van der Waals surface area contributed by atoms with Gasteiger partial charge in [-0.2, -0.15) is 18.2 Å². The predicted molar refractivity (Wildman–Crippen MR) is 205 cm³/mol. The van der Waals surface area contributed by atoms with Crippen LogP contribution in [0.4, 0.5) is 13.2 Å². The average Bonchev–Trinajstić information content (AvgIpc) is 3.81. The Morgan fingerprint density at radius 3 is 2.20 bits per heavy atom. The highest BCUT2D eigenvalue weighted by molar-refractivity contribution is 6.35. The van der Waals surface area contributed by atoms with Crippen LogP contribution in [-0.2, 0) is 35.3 Å². The van der Waals surface area contributed by atoms with Crippen LogP contribution in [-0.4, -0.2) is 61.2 Å². The topological polar surface area (TPSA) is 136 Å². The number of carbonyl (C=O) groups is 2. The molecule has 3 atom stereocenters. The number of pyridine rings is 2. The van der Waals surface area contributed by atoms with Gasteiger partial charge in [-0.3, -0.25) is 14.6 Å². The van der Waals surface area contributed by atoms with Crippen molar-refractivity contribution in [2.45, 2.75) is 82.4 Å². The number of alkyl halides is 3. The Morgan fingerprint density at radius 1 is 0.839 bits per heavy atom. The summed E-state index contributed by atoms with van der Waals surface area (Å²) in [5.41, 5.74) is 4.77. The Kier molecular flexibility index (Phi) is 12.0. The van der Waals surface area contributed by atoms with Crippen molar-refractivity contribution >= 4 is 23.4 Å². The molecule has 4 N–H and O–H groups in total. The van der Waals surface area contributed by atoms with Crippen LogP contribution in [0.5, 0.6) is 17.5 Å². The molecule has 2 aromatic carbocycles. The first-order valence-corrected chi connectivity index (χ1v) is 19.2. The summed E-state index contributed by atoms with van der Waals surface area (Å²) in [6.45, 7) is 1.67. The fourth-order valence-electron chi connectivity index (χ4n) is 7.75. The molecule has 0 radical (unpaired) electrons. The van der Waals surface area contributed by atoms with Crippen molar-refractivity contribution < 1.29 is 37.0 Å². The molecule has 15 heteroatoms. The van der Waals surface area contributed by atoms with Crippen LogP contribution in [0.1, 0.15) is 72.4 Å². The van der Waals surface area contributed by atoms with Gasteiger partial charge >= 0.3 is 6.18 Å². The first kappa shape index (κ1) is 39.3. The number of nitrogens with one attached hydrogen (secondary N) is 4. The maximum Gasteiger partial charge on any atom is 0.421 e. The summed E-state index contributed by atoms with van der Waals surface area (Å²) in [5.74, 6) is 0.177. The van der Waals surface area contributed by atoms with Crippen molar-refractivity contribution in [1.29, 1.82) is 0 Å². The molecule has 1 aliphatic carbocycles. The van der Waals surface area contributed by atoms with Gasteiger partial charge in [-0.1, -0.05) is 41.9 Å². The second-order valence-electron chi connectivity index (χ2n) is 14.3. The van der Waals surface area contributed by atoms with E-state index in [1.165, 1.54) is 7.11 Å². The molecule has 2 saturated heterocycles. The van der Waals surface area contributed by atoms with E-state index >= 15 is 0 Å². The largest absolute Gasteiger partial charge is 0.496 e. The second-order valence-corrected chi connectivity index (χ2v) is 14.7. The zero-order valence-corrected chi connectivity index (χ0v) is 31.9. The SMILES string of the molecule is COc1cc(-c2nccc(-c3cccc4c3CCC[C@H]4Oc3nc(OC)c(CNC[C@@H]4CCC(=O)N4)cc3C(F)(F)F)c2Cl)ccc1CNC[C@@H]1CCC(=O)N1. The summed E-state index contributed by atoms with van der Waals surface area (Å²) in [6.07, 6.45) is 0.519. The van der Waals surface area contributed by atoms with E-state index in [9.17, 15) is 22.8 Å². The van der Waals surface area contributed by atoms with Crippen molar-refractivity contribution in [3.63, 3.8) is 0 Å². The van der Waals surface area contributed by atoms with E-state index in [1.807, 2.05) is 42.5 Å². The Hall–Kier alpha value is -4.92. The minimum Gasteiger partial charge on any atom is -0.496 e. The number of aromatic nitrogens is 2. The zero-order chi connectivity index (χ0) is 39.4. The van der Waals surface area contributed by atoms with Gasteiger partial charge in [-0.05, 0) is 67.0 Å². The lowest BCUT2D eigenvalue weighted by atomic mass is 9.84. The van der Waals surface area contributed by atoms with E-state index in [0.717, 1.165) is 45.9 Å². The summed E-state index contributed by atoms with van der Waals surface area (Å²) in [6, 6.07) is 14.4. The first-order chi connectivity index (χ1) is 27.0. The minimum atomic E-state index is -4.74. The number of fused-ring (bicyclic) bond motifs is 1. The molecular weight excluding hydrogens is 749 g/mol. The fraction of sp³-hybridized carbons (Fsp3) is 0.415. The molecule has 56 heavy (non-hydrogen) atoms. The van der Waals surface area contributed by atoms with Gasteiger partial charge in [0.05, 0.1) is 24.9 Å². The molecule has 0 spiro atoms. The van der Waals surface area contributed by atoms with Gasteiger partial charge in [0.1, 0.15) is 17.4 Å². The van der Waals surface area contributed by atoms with Crippen LogP contribution in [0.25, 0.3) is 22.4 Å². The van der Waals surface area contributed by atoms with Gasteiger partial charge < -0.3 is 35.5 Å². The van der Waals surface area contributed by atoms with Crippen molar-refractivity contribution in [3.8, 4) is 39.9 Å². The summed E-state index contributed by atoms with van der Waals surface area (Å²) in [4.78, 5) is 32.0. The molecular formula is C41H44ClF3N6O5. The number of carbonyl (C=O) groups excluding carboxylic acids is 2. The monoisotopic (exact) mass is 792 g/mol. The highest BCUT2D eigenvalue weighted by atomic mass is 35.5. The lowest BCUT2D eigenvalue weighted by Gasteiger charge is -2.29. The standard InChI is InChI=1S/C41H44ClF3N6O5/c1-54-34-18-23(9-10-24(34)19-46-21-26-11-13-35(52)49-26)38-37(42)31(15-16-48-38)29-5-3-7-30-28(29)6-4-8-33(30)56-40-32(41(43,44)45)17-25(39(51-40)55-2)20-47-22-27-12-14-36(53)50-27/h3,5,7,9-10,15-18,26-27,33,46-47H,4,6,8,11-14,19-22H2,1-2H3,(H,49,52)(H,50,53)/t26-,27-,33+/m0/s1. The molecule has 0 saturated carbocycles. The lowest BCUT2D eigenvalue weighted by Crippen LogP contribution is -2.35. The first-order valence-electron chi connectivity index (χ1n) is 18.8. The van der Waals surface area contributed by atoms with E-state index in [-0.39, 0.29) is 41.9 Å². The molecule has 2 aliphatic heterocycles. The number of methoxy groups -OCH3 is 2. The van der Waals surface area contributed by atoms with E-state index in [1.54, 1.807) is 13.3 Å². The molecule has 4 heterocycles. The van der Waals surface area contributed by atoms with Gasteiger partial charge in [-0.25, -0.2) is 0 Å². The van der Waals surface area contributed by atoms with Gasteiger partial charge in [0.25, 0.3) is 0 Å². The molecule has 2 amide bonds. The number of amides is 2. The molecule has 2 aromatic heterocycles. The summed E-state index contributed by atoms with van der Waals surface area (Å²) in [5, 5.41) is 12.7. The minimum absolute atomic E-state index is 0.0248. The maximum absolute atomic E-state index is 14.6. The third-order valence-corrected chi connectivity index (χ3v) is 10.9. The maximum atomic E-state index is 14.6. The number of halogens is 4. The number of hydrogen-bond acceptors (Lipinski definition) is 9. The van der Waals surface area contributed by atoms with Gasteiger partial charge in [-0.15, -0.1) is 0 Å². The Bertz CT molecular complexity index is 2100. The smallest absolute Gasteiger partial charge is 0.421 e. The number of benzene rings is 2. The van der Waals surface area contributed by atoms with Gasteiger partial charge in [0.15, 0.2) is 0 Å². The number of hydrogen-bond donors (Lipinski definition) is 4. The quantitative estimate of drug-likeness (QED) is 0.110. The summed E-state index contributed by atoms with van der Waals surface area (Å²) < 4.78 is 61.0. The van der Waals surface area contributed by atoms with Gasteiger partial charge in [0, 0.05) is 79.6 Å². The third-order valence-electron chi connectivity index (χ3n) is 10.6. The van der Waals surface area contributed by atoms with Crippen molar-refractivity contribution in [2.24, 2.45) is 0 Å². The van der Waals surface area contributed by atoms with E-state index in [0.29, 0.717) is 74.6 Å². The third kappa shape index (κ3) is 8.72. The molecule has 296 valence electrons.